The highest BCUT2D eigenvalue weighted by Crippen LogP contribution is 2.51. The van der Waals surface area contributed by atoms with Gasteiger partial charge in [0.05, 0.1) is 56.9 Å². The van der Waals surface area contributed by atoms with Gasteiger partial charge < -0.3 is 69.8 Å². The minimum atomic E-state index is -2.27. The van der Waals surface area contributed by atoms with Crippen molar-refractivity contribution in [3.05, 3.63) is 91.2 Å². The van der Waals surface area contributed by atoms with Crippen molar-refractivity contribution in [3.8, 4) is 68.2 Å². The third-order valence-electron chi connectivity index (χ3n) is 10.3. The SMILES string of the molecule is COc1cc2c(c(OC)c1OC)-c1ccc(OC)c(=O)cc1C(N)CC2.COc1cc2c(c(OC)c1OC)-c1ccc(OC)c(=O)cc1C(N)CC2.O=C(O)C(O)C(O)C(=O)O. The molecule has 0 bridgehead atoms. The lowest BCUT2D eigenvalue weighted by Gasteiger charge is -2.19. The number of nitrogens with two attached hydrogens (primary N) is 2. The zero-order chi connectivity index (χ0) is 46.0. The second-order valence-electron chi connectivity index (χ2n) is 13.8. The number of carboxylic acid groups (broad SMARTS) is 2. The number of aryl methyl sites for hydroxylation is 2. The Labute approximate surface area is 357 Å². The molecular weight excluding hydrogens is 812 g/mol. The van der Waals surface area contributed by atoms with Crippen LogP contribution in [0.25, 0.3) is 22.3 Å². The van der Waals surface area contributed by atoms with Crippen LogP contribution in [-0.4, -0.2) is 101 Å². The molecule has 0 heterocycles. The molecule has 0 aromatic heterocycles. The first-order chi connectivity index (χ1) is 29.6. The Balaban J connectivity index is 0.000000225. The Morgan fingerprint density at radius 2 is 0.839 bits per heavy atom. The van der Waals surface area contributed by atoms with E-state index in [0.717, 1.165) is 57.3 Å². The van der Waals surface area contributed by atoms with Crippen molar-refractivity contribution in [2.24, 2.45) is 11.5 Å². The Morgan fingerprint density at radius 1 is 0.516 bits per heavy atom. The van der Waals surface area contributed by atoms with Crippen LogP contribution in [-0.2, 0) is 22.4 Å². The maximum Gasteiger partial charge on any atom is 0.335 e. The first-order valence-corrected chi connectivity index (χ1v) is 19.0. The summed E-state index contributed by atoms with van der Waals surface area (Å²) in [7, 11) is 12.5. The van der Waals surface area contributed by atoms with E-state index in [1.54, 1.807) is 66.9 Å². The number of hydrogen-bond donors (Lipinski definition) is 6. The summed E-state index contributed by atoms with van der Waals surface area (Å²) in [4.78, 5) is 44.4. The molecule has 18 heteroatoms. The number of rotatable bonds is 11. The molecule has 0 saturated carbocycles. The number of ether oxygens (including phenoxy) is 8. The highest BCUT2D eigenvalue weighted by molar-refractivity contribution is 5.84. The van der Waals surface area contributed by atoms with Gasteiger partial charge in [-0.05, 0) is 95.5 Å². The molecule has 0 fully saturated rings. The van der Waals surface area contributed by atoms with Gasteiger partial charge in [-0.1, -0.05) is 12.1 Å². The van der Waals surface area contributed by atoms with Gasteiger partial charge in [-0.2, -0.15) is 0 Å². The molecule has 2 aliphatic rings. The predicted octanol–water partition coefficient (Wildman–Crippen LogP) is 3.27. The summed E-state index contributed by atoms with van der Waals surface area (Å²) in [5.74, 6) is 0.351. The van der Waals surface area contributed by atoms with E-state index >= 15 is 0 Å². The molecule has 0 saturated heterocycles. The zero-order valence-corrected chi connectivity index (χ0v) is 35.6. The summed E-state index contributed by atoms with van der Waals surface area (Å²) in [6.45, 7) is 0. The smallest absolute Gasteiger partial charge is 0.335 e. The molecule has 4 aromatic rings. The lowest BCUT2D eigenvalue weighted by atomic mass is 9.95. The van der Waals surface area contributed by atoms with E-state index in [4.69, 9.17) is 69.8 Å². The minimum absolute atomic E-state index is 0.202. The van der Waals surface area contributed by atoms with Crippen LogP contribution in [0.4, 0.5) is 0 Å². The summed E-state index contributed by atoms with van der Waals surface area (Å²) in [6, 6.07) is 13.5. The van der Waals surface area contributed by atoms with Gasteiger partial charge >= 0.3 is 11.9 Å². The van der Waals surface area contributed by atoms with E-state index in [-0.39, 0.29) is 34.4 Å². The van der Waals surface area contributed by atoms with Gasteiger partial charge in [-0.3, -0.25) is 9.59 Å². The topological polar surface area (TPSA) is 275 Å². The van der Waals surface area contributed by atoms with Crippen molar-refractivity contribution in [1.82, 2.24) is 0 Å². The van der Waals surface area contributed by atoms with Crippen LogP contribution < -0.4 is 60.2 Å². The van der Waals surface area contributed by atoms with Crippen LogP contribution in [0.3, 0.4) is 0 Å². The second kappa shape index (κ2) is 21.3. The fourth-order valence-corrected chi connectivity index (χ4v) is 7.26. The first kappa shape index (κ1) is 48.1. The van der Waals surface area contributed by atoms with Crippen molar-refractivity contribution in [3.63, 3.8) is 0 Å². The second-order valence-corrected chi connectivity index (χ2v) is 13.8. The molecule has 4 atom stereocenters. The van der Waals surface area contributed by atoms with Crippen LogP contribution in [0.2, 0.25) is 0 Å². The standard InChI is InChI=1S/2C20H23NO5.C4H6O6/c2*1-23-16-8-6-12-13(10-15(16)22)14(21)7-5-11-9-17(24-2)19(25-3)20(26-4)18(11)12;5-1(3(7)8)2(6)4(9)10/h2*6,8-10,14H,5,7,21H2,1-4H3;1-2,5-6H,(H,7,8)(H,9,10). The van der Waals surface area contributed by atoms with Gasteiger partial charge in [-0.25, -0.2) is 9.59 Å². The molecule has 0 aliphatic heterocycles. The third-order valence-corrected chi connectivity index (χ3v) is 10.3. The maximum atomic E-state index is 12.4. The minimum Gasteiger partial charge on any atom is -0.493 e. The fraction of sp³-hybridized carbons (Fsp3) is 0.364. The number of aliphatic hydroxyl groups is 2. The zero-order valence-electron chi connectivity index (χ0n) is 35.6. The van der Waals surface area contributed by atoms with Crippen molar-refractivity contribution in [2.75, 3.05) is 56.9 Å². The van der Waals surface area contributed by atoms with Gasteiger partial charge in [0.2, 0.25) is 22.4 Å². The lowest BCUT2D eigenvalue weighted by molar-refractivity contribution is -0.165. The van der Waals surface area contributed by atoms with Crippen molar-refractivity contribution in [2.45, 2.75) is 50.0 Å². The normalized spacial score (nSPS) is 15.4. The van der Waals surface area contributed by atoms with Crippen LogP contribution in [0, 0.1) is 0 Å². The van der Waals surface area contributed by atoms with Crippen LogP contribution in [0.1, 0.15) is 47.2 Å². The number of carbonyl (C=O) groups is 2. The molecule has 0 radical (unpaired) electrons. The Hall–Kier alpha value is -6.60. The van der Waals surface area contributed by atoms with E-state index in [1.165, 1.54) is 14.2 Å². The van der Waals surface area contributed by atoms with Crippen molar-refractivity contribution in [1.29, 1.82) is 0 Å². The summed E-state index contributed by atoms with van der Waals surface area (Å²) < 4.78 is 43.7. The van der Waals surface area contributed by atoms with Gasteiger partial charge in [0, 0.05) is 23.2 Å². The monoisotopic (exact) mass is 864 g/mol. The number of methoxy groups -OCH3 is 8. The number of carboxylic acids is 2. The summed E-state index contributed by atoms with van der Waals surface area (Å²) in [5, 5.41) is 32.5. The fourth-order valence-electron chi connectivity index (χ4n) is 7.26. The average molecular weight is 865 g/mol. The van der Waals surface area contributed by atoms with E-state index in [0.29, 0.717) is 47.3 Å². The van der Waals surface area contributed by atoms with E-state index < -0.39 is 24.1 Å². The highest BCUT2D eigenvalue weighted by atomic mass is 16.5. The summed E-state index contributed by atoms with van der Waals surface area (Å²) in [5.41, 5.74) is 19.4. The molecule has 62 heavy (non-hydrogen) atoms. The number of fused-ring (bicyclic) bond motifs is 6. The van der Waals surface area contributed by atoms with E-state index in [9.17, 15) is 19.2 Å². The lowest BCUT2D eigenvalue weighted by Crippen LogP contribution is -2.39. The van der Waals surface area contributed by atoms with Crippen molar-refractivity contribution < 1.29 is 67.9 Å². The van der Waals surface area contributed by atoms with Crippen LogP contribution in [0.5, 0.6) is 46.0 Å². The van der Waals surface area contributed by atoms with Crippen LogP contribution in [0.15, 0.2) is 58.1 Å². The predicted molar refractivity (Wildman–Crippen MR) is 226 cm³/mol. The molecule has 4 aromatic carbocycles. The maximum absolute atomic E-state index is 12.4. The number of aliphatic hydroxyl groups excluding tert-OH is 2. The van der Waals surface area contributed by atoms with Gasteiger partial charge in [-0.15, -0.1) is 0 Å². The average Bonchev–Trinajstić information content (AvgIpc) is 3.66. The molecule has 0 spiro atoms. The quantitative estimate of drug-likeness (QED) is 0.126. The van der Waals surface area contributed by atoms with Crippen molar-refractivity contribution >= 4 is 11.9 Å². The Morgan fingerprint density at radius 3 is 1.11 bits per heavy atom. The summed E-state index contributed by atoms with van der Waals surface area (Å²) >= 11 is 0. The Kier molecular flexibility index (Phi) is 16.5. The summed E-state index contributed by atoms with van der Waals surface area (Å²) in [6.07, 6.45) is -1.67. The molecule has 18 nitrogen and oxygen atoms in total. The van der Waals surface area contributed by atoms with Gasteiger partial charge in [0.15, 0.2) is 46.7 Å². The first-order valence-electron chi connectivity index (χ1n) is 19.0. The van der Waals surface area contributed by atoms with Gasteiger partial charge in [0.1, 0.15) is 0 Å². The molecule has 2 aliphatic carbocycles. The van der Waals surface area contributed by atoms with Crippen LogP contribution >= 0.6 is 0 Å². The number of hydrogen-bond acceptors (Lipinski definition) is 16. The third kappa shape index (κ3) is 9.95. The molecule has 0 amide bonds. The van der Waals surface area contributed by atoms with Gasteiger partial charge in [0.25, 0.3) is 0 Å². The molecule has 8 N–H and O–H groups in total. The Bertz CT molecular complexity index is 2240. The highest BCUT2D eigenvalue weighted by Gasteiger charge is 2.31. The van der Waals surface area contributed by atoms with E-state index in [1.807, 2.05) is 24.3 Å². The molecular formula is C44H52N2O16. The number of benzene rings is 2. The molecule has 4 unspecified atom stereocenters. The molecule has 334 valence electrons. The number of aliphatic carboxylic acids is 2. The molecule has 6 rings (SSSR count). The van der Waals surface area contributed by atoms with E-state index in [2.05, 4.69) is 0 Å². The largest absolute Gasteiger partial charge is 0.493 e.